The number of nitrogens with two attached hydrogens (primary N) is 2. The van der Waals surface area contributed by atoms with Gasteiger partial charge in [-0.1, -0.05) is 18.2 Å². The van der Waals surface area contributed by atoms with Gasteiger partial charge < -0.3 is 11.5 Å². The highest BCUT2D eigenvalue weighted by Gasteiger charge is 2.29. The molecule has 0 radical (unpaired) electrons. The average Bonchev–Trinajstić information content (AvgIpc) is 3.08. The minimum Gasteiger partial charge on any atom is -0.369 e. The summed E-state index contributed by atoms with van der Waals surface area (Å²) in [5, 5.41) is 0.669. The summed E-state index contributed by atoms with van der Waals surface area (Å²) in [6.07, 6.45) is 1.73. The van der Waals surface area contributed by atoms with Crippen molar-refractivity contribution in [3.8, 4) is 11.1 Å². The summed E-state index contributed by atoms with van der Waals surface area (Å²) in [5.41, 5.74) is 13.7. The second-order valence-corrected chi connectivity index (χ2v) is 10.3. The number of carbonyl (C=O) groups excluding carboxylic acids is 1. The SMILES string of the molecule is NC(=O)Cc1nc2ccc(-c3cccc(S(=O)(=O)N4CCCC(N)C4)c3)cc2s1. The lowest BCUT2D eigenvalue weighted by atomic mass is 10.1. The Labute approximate surface area is 173 Å². The molecule has 7 nitrogen and oxygen atoms in total. The van der Waals surface area contributed by atoms with Crippen molar-refractivity contribution in [1.29, 1.82) is 0 Å². The predicted molar refractivity (Wildman–Crippen MR) is 114 cm³/mol. The van der Waals surface area contributed by atoms with Crippen molar-refractivity contribution in [3.63, 3.8) is 0 Å². The number of amides is 1. The Bertz CT molecular complexity index is 1170. The molecule has 0 saturated carbocycles. The van der Waals surface area contributed by atoms with Crippen molar-refractivity contribution in [2.24, 2.45) is 11.5 Å². The van der Waals surface area contributed by atoms with Crippen LogP contribution in [0.15, 0.2) is 47.4 Å². The van der Waals surface area contributed by atoms with Gasteiger partial charge in [0.2, 0.25) is 15.9 Å². The van der Waals surface area contributed by atoms with Crippen LogP contribution >= 0.6 is 11.3 Å². The lowest BCUT2D eigenvalue weighted by molar-refractivity contribution is -0.117. The van der Waals surface area contributed by atoms with E-state index in [2.05, 4.69) is 4.98 Å². The van der Waals surface area contributed by atoms with Gasteiger partial charge in [0.25, 0.3) is 0 Å². The van der Waals surface area contributed by atoms with Crippen LogP contribution in [-0.2, 0) is 21.2 Å². The van der Waals surface area contributed by atoms with Gasteiger partial charge in [0.05, 0.1) is 21.5 Å². The number of benzene rings is 2. The van der Waals surface area contributed by atoms with Crippen molar-refractivity contribution in [2.75, 3.05) is 13.1 Å². The Hall–Kier alpha value is -2.33. The smallest absolute Gasteiger partial charge is 0.243 e. The fraction of sp³-hybridized carbons (Fsp3) is 0.300. The Morgan fingerprint density at radius 1 is 1.21 bits per heavy atom. The Balaban J connectivity index is 1.67. The van der Waals surface area contributed by atoms with Gasteiger partial charge in [-0.15, -0.1) is 11.3 Å². The standard InChI is InChI=1S/C20H22N4O3S2/c21-15-4-2-8-24(12-15)29(26,27)16-5-1-3-13(9-16)14-6-7-17-18(10-14)28-20(23-17)11-19(22)25/h1,3,5-7,9-10,15H,2,4,8,11-12,21H2,(H2,22,25). The van der Waals surface area contributed by atoms with E-state index >= 15 is 0 Å². The van der Waals surface area contributed by atoms with E-state index in [-0.39, 0.29) is 17.4 Å². The summed E-state index contributed by atoms with van der Waals surface area (Å²) < 4.78 is 28.5. The van der Waals surface area contributed by atoms with Crippen LogP contribution in [0, 0.1) is 0 Å². The third-order valence-electron chi connectivity index (χ3n) is 4.98. The fourth-order valence-electron chi connectivity index (χ4n) is 3.55. The molecule has 0 spiro atoms. The van der Waals surface area contributed by atoms with Crippen molar-refractivity contribution in [1.82, 2.24) is 9.29 Å². The molecule has 29 heavy (non-hydrogen) atoms. The van der Waals surface area contributed by atoms with Gasteiger partial charge in [0.1, 0.15) is 5.01 Å². The predicted octanol–water partition coefficient (Wildman–Crippen LogP) is 2.10. The normalized spacial score (nSPS) is 18.2. The number of aromatic nitrogens is 1. The molecule has 0 aliphatic carbocycles. The quantitative estimate of drug-likeness (QED) is 0.642. The third-order valence-corrected chi connectivity index (χ3v) is 7.86. The van der Waals surface area contributed by atoms with Crippen LogP contribution in [0.5, 0.6) is 0 Å². The molecule has 4 N–H and O–H groups in total. The lowest BCUT2D eigenvalue weighted by Gasteiger charge is -2.30. The first-order valence-electron chi connectivity index (χ1n) is 9.37. The van der Waals surface area contributed by atoms with Crippen LogP contribution in [0.25, 0.3) is 21.3 Å². The molecule has 3 aromatic rings. The molecule has 1 aliphatic heterocycles. The van der Waals surface area contributed by atoms with E-state index in [1.807, 2.05) is 24.3 Å². The lowest BCUT2D eigenvalue weighted by Crippen LogP contribution is -2.45. The number of sulfonamides is 1. The second kappa shape index (κ2) is 7.83. The molecular formula is C20H22N4O3S2. The van der Waals surface area contributed by atoms with E-state index in [0.29, 0.717) is 18.1 Å². The maximum absolute atomic E-state index is 13.1. The van der Waals surface area contributed by atoms with Gasteiger partial charge in [-0.25, -0.2) is 13.4 Å². The minimum atomic E-state index is -3.59. The number of piperidine rings is 1. The number of rotatable bonds is 5. The topological polar surface area (TPSA) is 119 Å². The minimum absolute atomic E-state index is 0.111. The van der Waals surface area contributed by atoms with Gasteiger partial charge in [0.15, 0.2) is 0 Å². The molecule has 2 aromatic carbocycles. The number of hydrogen-bond donors (Lipinski definition) is 2. The van der Waals surface area contributed by atoms with Gasteiger partial charge >= 0.3 is 0 Å². The molecule has 4 rings (SSSR count). The molecule has 1 aromatic heterocycles. The average molecular weight is 431 g/mol. The first-order chi connectivity index (χ1) is 13.8. The maximum Gasteiger partial charge on any atom is 0.243 e. The zero-order valence-corrected chi connectivity index (χ0v) is 17.4. The van der Waals surface area contributed by atoms with Crippen LogP contribution in [0.1, 0.15) is 17.8 Å². The number of carbonyl (C=O) groups is 1. The zero-order valence-electron chi connectivity index (χ0n) is 15.7. The molecule has 152 valence electrons. The molecule has 1 atom stereocenters. The molecule has 1 amide bonds. The second-order valence-electron chi connectivity index (χ2n) is 7.23. The zero-order chi connectivity index (χ0) is 20.6. The van der Waals surface area contributed by atoms with Gasteiger partial charge in [-0.05, 0) is 48.2 Å². The number of fused-ring (bicyclic) bond motifs is 1. The van der Waals surface area contributed by atoms with E-state index in [0.717, 1.165) is 34.2 Å². The molecule has 9 heteroatoms. The van der Waals surface area contributed by atoms with Gasteiger partial charge in [-0.2, -0.15) is 4.31 Å². The van der Waals surface area contributed by atoms with E-state index < -0.39 is 15.9 Å². The summed E-state index contributed by atoms with van der Waals surface area (Å²) in [7, 11) is -3.59. The highest BCUT2D eigenvalue weighted by Crippen LogP contribution is 2.30. The largest absolute Gasteiger partial charge is 0.369 e. The third kappa shape index (κ3) is 4.18. The first-order valence-corrected chi connectivity index (χ1v) is 11.6. The Morgan fingerprint density at radius 2 is 2.00 bits per heavy atom. The Morgan fingerprint density at radius 3 is 2.76 bits per heavy atom. The van der Waals surface area contributed by atoms with E-state index in [1.165, 1.54) is 15.6 Å². The van der Waals surface area contributed by atoms with Crippen molar-refractivity contribution >= 4 is 37.5 Å². The molecule has 1 fully saturated rings. The van der Waals surface area contributed by atoms with Crippen molar-refractivity contribution in [3.05, 3.63) is 47.5 Å². The molecule has 0 bridgehead atoms. The molecule has 1 unspecified atom stereocenters. The number of hydrogen-bond acceptors (Lipinski definition) is 6. The highest BCUT2D eigenvalue weighted by atomic mass is 32.2. The van der Waals surface area contributed by atoms with Crippen LogP contribution in [0.3, 0.4) is 0 Å². The maximum atomic E-state index is 13.1. The molecular weight excluding hydrogens is 408 g/mol. The summed E-state index contributed by atoms with van der Waals surface area (Å²) in [6.45, 7) is 0.845. The number of nitrogens with zero attached hydrogens (tertiary/aromatic N) is 2. The molecule has 2 heterocycles. The molecule has 1 saturated heterocycles. The fourth-order valence-corrected chi connectivity index (χ4v) is 6.15. The van der Waals surface area contributed by atoms with Crippen molar-refractivity contribution in [2.45, 2.75) is 30.2 Å². The van der Waals surface area contributed by atoms with Crippen molar-refractivity contribution < 1.29 is 13.2 Å². The summed E-state index contributed by atoms with van der Waals surface area (Å²) in [6, 6.07) is 12.6. The van der Waals surface area contributed by atoms with Gasteiger partial charge in [0, 0.05) is 19.1 Å². The van der Waals surface area contributed by atoms with E-state index in [9.17, 15) is 13.2 Å². The van der Waals surface area contributed by atoms with Gasteiger partial charge in [-0.3, -0.25) is 4.79 Å². The Kier molecular flexibility index (Phi) is 5.39. The van der Waals surface area contributed by atoms with Crippen LogP contribution in [-0.4, -0.2) is 42.7 Å². The summed E-state index contributed by atoms with van der Waals surface area (Å²) in [4.78, 5) is 15.8. The van der Waals surface area contributed by atoms with E-state index in [1.54, 1.807) is 18.2 Å². The van der Waals surface area contributed by atoms with Crippen LogP contribution in [0.2, 0.25) is 0 Å². The van der Waals surface area contributed by atoms with Crippen LogP contribution < -0.4 is 11.5 Å². The number of thiazole rings is 1. The highest BCUT2D eigenvalue weighted by molar-refractivity contribution is 7.89. The summed E-state index contributed by atoms with van der Waals surface area (Å²) in [5.74, 6) is -0.417. The number of primary amides is 1. The first kappa shape index (κ1) is 20.0. The van der Waals surface area contributed by atoms with E-state index in [4.69, 9.17) is 11.5 Å². The molecule has 1 aliphatic rings. The van der Waals surface area contributed by atoms with Crippen LogP contribution in [0.4, 0.5) is 0 Å². The summed E-state index contributed by atoms with van der Waals surface area (Å²) >= 11 is 1.41. The monoisotopic (exact) mass is 430 g/mol.